The predicted octanol–water partition coefficient (Wildman–Crippen LogP) is 3.73. The van der Waals surface area contributed by atoms with Crippen LogP contribution in [0.3, 0.4) is 0 Å². The number of benzene rings is 2. The van der Waals surface area contributed by atoms with E-state index in [1.165, 1.54) is 0 Å². The molecule has 7 nitrogen and oxygen atoms in total. The maximum atomic E-state index is 12.2. The molecule has 2 amide bonds. The van der Waals surface area contributed by atoms with Gasteiger partial charge < -0.3 is 5.32 Å². The average molecular weight is 408 g/mol. The minimum Gasteiger partial charge on any atom is -0.347 e. The molecule has 0 radical (unpaired) electrons. The molecule has 0 saturated carbocycles. The van der Waals surface area contributed by atoms with Crippen molar-refractivity contribution in [1.82, 2.24) is 14.8 Å². The van der Waals surface area contributed by atoms with Gasteiger partial charge in [-0.2, -0.15) is 4.98 Å². The van der Waals surface area contributed by atoms with E-state index in [9.17, 15) is 9.59 Å². The molecule has 1 aromatic heterocycles. The van der Waals surface area contributed by atoms with Crippen LogP contribution in [-0.2, 0) is 9.59 Å². The number of aromatic nitrogens is 3. The van der Waals surface area contributed by atoms with Crippen molar-refractivity contribution in [3.8, 4) is 0 Å². The fourth-order valence-corrected chi connectivity index (χ4v) is 4.05. The van der Waals surface area contributed by atoms with Gasteiger partial charge in [0.25, 0.3) is 5.95 Å². The van der Waals surface area contributed by atoms with Crippen LogP contribution in [0.1, 0.15) is 42.5 Å². The molecule has 5 rings (SSSR count). The first-order valence-corrected chi connectivity index (χ1v) is 9.87. The molecule has 1 fully saturated rings. The molecule has 8 heteroatoms. The summed E-state index contributed by atoms with van der Waals surface area (Å²) in [6.07, 6.45) is 1.14. The van der Waals surface area contributed by atoms with Gasteiger partial charge in [0, 0.05) is 17.9 Å². The van der Waals surface area contributed by atoms with Crippen LogP contribution in [0.5, 0.6) is 0 Å². The van der Waals surface area contributed by atoms with Crippen molar-refractivity contribution in [2.45, 2.75) is 31.3 Å². The Hall–Kier alpha value is -3.19. The van der Waals surface area contributed by atoms with Gasteiger partial charge in [0.1, 0.15) is 0 Å². The van der Waals surface area contributed by atoms with Crippen LogP contribution in [0.4, 0.5) is 11.9 Å². The minimum atomic E-state index is -0.263. The lowest BCUT2D eigenvalue weighted by Crippen LogP contribution is -2.30. The molecule has 1 N–H and O–H groups in total. The second-order valence-electron chi connectivity index (χ2n) is 7.21. The third kappa shape index (κ3) is 3.17. The lowest BCUT2D eigenvalue weighted by atomic mass is 9.93. The summed E-state index contributed by atoms with van der Waals surface area (Å²) < 4.78 is 1.76. The minimum absolute atomic E-state index is 0.0198. The Labute approximate surface area is 172 Å². The van der Waals surface area contributed by atoms with Gasteiger partial charge in [-0.25, -0.2) is 9.58 Å². The number of fused-ring (bicyclic) bond motifs is 1. The number of hydrogen-bond acceptors (Lipinski definition) is 5. The summed E-state index contributed by atoms with van der Waals surface area (Å²) in [5.74, 6) is 0.140. The molecular formula is C21H18ClN5O2. The van der Waals surface area contributed by atoms with Crippen molar-refractivity contribution in [3.05, 3.63) is 70.7 Å². The number of carbonyl (C=O) groups excluding carboxylic acids is 2. The van der Waals surface area contributed by atoms with Gasteiger partial charge in [-0.3, -0.25) is 9.59 Å². The number of carbonyl (C=O) groups is 2. The first-order valence-electron chi connectivity index (χ1n) is 9.49. The van der Waals surface area contributed by atoms with Gasteiger partial charge in [-0.05, 0) is 29.7 Å². The van der Waals surface area contributed by atoms with Crippen molar-refractivity contribution in [2.24, 2.45) is 0 Å². The van der Waals surface area contributed by atoms with Gasteiger partial charge in [-0.1, -0.05) is 54.1 Å². The lowest BCUT2D eigenvalue weighted by Gasteiger charge is -2.31. The number of nitrogens with zero attached hydrogens (tertiary/aromatic N) is 4. The fraction of sp³-hybridized carbons (Fsp3) is 0.238. The molecule has 146 valence electrons. The Bertz CT molecular complexity index is 1060. The van der Waals surface area contributed by atoms with E-state index in [0.29, 0.717) is 11.0 Å². The Morgan fingerprint density at radius 3 is 2.31 bits per heavy atom. The molecule has 2 aliphatic heterocycles. The smallest absolute Gasteiger partial charge is 0.260 e. The highest BCUT2D eigenvalue weighted by molar-refractivity contribution is 6.30. The zero-order valence-electron chi connectivity index (χ0n) is 15.5. The van der Waals surface area contributed by atoms with E-state index in [-0.39, 0.29) is 42.7 Å². The lowest BCUT2D eigenvalue weighted by molar-refractivity contribution is -0.121. The summed E-state index contributed by atoms with van der Waals surface area (Å²) >= 11 is 6.07. The Kier molecular flexibility index (Phi) is 4.32. The second-order valence-corrected chi connectivity index (χ2v) is 7.65. The molecule has 2 unspecified atom stereocenters. The van der Waals surface area contributed by atoms with Crippen LogP contribution < -0.4 is 10.2 Å². The van der Waals surface area contributed by atoms with Crippen LogP contribution in [0, 0.1) is 0 Å². The molecule has 0 aliphatic carbocycles. The van der Waals surface area contributed by atoms with Crippen molar-refractivity contribution in [3.63, 3.8) is 0 Å². The number of hydrogen-bond donors (Lipinski definition) is 1. The van der Waals surface area contributed by atoms with E-state index in [0.717, 1.165) is 22.4 Å². The zero-order chi connectivity index (χ0) is 20.0. The highest BCUT2D eigenvalue weighted by Crippen LogP contribution is 2.39. The zero-order valence-corrected chi connectivity index (χ0v) is 16.2. The van der Waals surface area contributed by atoms with Crippen LogP contribution in [-0.4, -0.2) is 26.6 Å². The quantitative estimate of drug-likeness (QED) is 0.669. The SMILES string of the molecule is O=C1CCC(=O)N1c1nc2n(n1)C(c1ccc(Cl)cc1)CC(c1ccccc1)N2. The Morgan fingerprint density at radius 1 is 0.931 bits per heavy atom. The van der Waals surface area contributed by atoms with Crippen molar-refractivity contribution in [2.75, 3.05) is 10.2 Å². The molecule has 2 aromatic carbocycles. The van der Waals surface area contributed by atoms with Crippen LogP contribution in [0.25, 0.3) is 0 Å². The van der Waals surface area contributed by atoms with E-state index in [1.807, 2.05) is 42.5 Å². The van der Waals surface area contributed by atoms with E-state index < -0.39 is 0 Å². The second kappa shape index (κ2) is 7.00. The summed E-state index contributed by atoms with van der Waals surface area (Å²) in [6, 6.07) is 17.7. The van der Waals surface area contributed by atoms with Crippen molar-refractivity contribution in [1.29, 1.82) is 0 Å². The van der Waals surface area contributed by atoms with E-state index in [2.05, 4.69) is 27.5 Å². The van der Waals surface area contributed by atoms with Crippen molar-refractivity contribution >= 4 is 35.3 Å². The summed E-state index contributed by atoms with van der Waals surface area (Å²) in [5, 5.41) is 8.61. The molecule has 2 atom stereocenters. The van der Waals surface area contributed by atoms with E-state index >= 15 is 0 Å². The van der Waals surface area contributed by atoms with Gasteiger partial charge in [0.15, 0.2) is 0 Å². The topological polar surface area (TPSA) is 80.1 Å². The highest BCUT2D eigenvalue weighted by atomic mass is 35.5. The maximum absolute atomic E-state index is 12.2. The molecule has 3 aromatic rings. The maximum Gasteiger partial charge on any atom is 0.260 e. The van der Waals surface area contributed by atoms with Gasteiger partial charge in [0.2, 0.25) is 17.8 Å². The normalized spacial score (nSPS) is 21.2. The monoisotopic (exact) mass is 407 g/mol. The largest absolute Gasteiger partial charge is 0.347 e. The number of imide groups is 1. The summed E-state index contributed by atoms with van der Waals surface area (Å²) in [6.45, 7) is 0. The van der Waals surface area contributed by atoms with Crippen LogP contribution in [0.2, 0.25) is 5.02 Å². The summed E-state index contributed by atoms with van der Waals surface area (Å²) in [4.78, 5) is 29.9. The number of nitrogens with one attached hydrogen (secondary N) is 1. The van der Waals surface area contributed by atoms with E-state index in [1.54, 1.807) is 4.68 Å². The molecule has 29 heavy (non-hydrogen) atoms. The summed E-state index contributed by atoms with van der Waals surface area (Å²) in [5.41, 5.74) is 2.17. The van der Waals surface area contributed by atoms with Crippen molar-refractivity contribution < 1.29 is 9.59 Å². The standard InChI is InChI=1S/C21H18ClN5O2/c22-15-8-6-14(7-9-15)17-12-16(13-4-2-1-3-5-13)23-20-24-21(25-27(17)20)26-18(28)10-11-19(26)29/h1-9,16-17H,10-12H2,(H,23,24,25). The van der Waals surface area contributed by atoms with Crippen LogP contribution >= 0.6 is 11.6 Å². The third-order valence-electron chi connectivity index (χ3n) is 5.39. The molecule has 1 saturated heterocycles. The van der Waals surface area contributed by atoms with E-state index in [4.69, 9.17) is 11.6 Å². The highest BCUT2D eigenvalue weighted by Gasteiger charge is 2.37. The number of anilines is 2. The average Bonchev–Trinajstić information content (AvgIpc) is 3.30. The predicted molar refractivity (Wildman–Crippen MR) is 109 cm³/mol. The Balaban J connectivity index is 1.58. The molecule has 3 heterocycles. The number of rotatable bonds is 3. The van der Waals surface area contributed by atoms with Crippen LogP contribution in [0.15, 0.2) is 54.6 Å². The van der Waals surface area contributed by atoms with Gasteiger partial charge >= 0.3 is 0 Å². The van der Waals surface area contributed by atoms with Gasteiger partial charge in [0.05, 0.1) is 12.1 Å². The first kappa shape index (κ1) is 17.9. The Morgan fingerprint density at radius 2 is 1.62 bits per heavy atom. The van der Waals surface area contributed by atoms with Gasteiger partial charge in [-0.15, -0.1) is 5.10 Å². The first-order chi connectivity index (χ1) is 14.1. The molecular weight excluding hydrogens is 390 g/mol. The molecule has 0 bridgehead atoms. The summed E-state index contributed by atoms with van der Waals surface area (Å²) in [7, 11) is 0. The number of amides is 2. The molecule has 0 spiro atoms. The molecule has 2 aliphatic rings. The third-order valence-corrected chi connectivity index (χ3v) is 5.64. The fourth-order valence-electron chi connectivity index (χ4n) is 3.93. The number of halogens is 1.